The molecule has 2 rings (SSSR count). The minimum atomic E-state index is -0.157. The SMILES string of the molecule is Cc1cn(C2CC(O)CCC2C(C)(C)C)c(C)n1. The molecule has 1 saturated carbocycles. The maximum atomic E-state index is 9.99. The molecule has 0 saturated heterocycles. The second-order valence-electron chi connectivity index (χ2n) is 6.84. The molecular formula is C15H26N2O. The second-order valence-corrected chi connectivity index (χ2v) is 6.84. The average molecular weight is 250 g/mol. The Morgan fingerprint density at radius 3 is 2.44 bits per heavy atom. The lowest BCUT2D eigenvalue weighted by Crippen LogP contribution is -2.37. The van der Waals surface area contributed by atoms with E-state index in [4.69, 9.17) is 0 Å². The summed E-state index contributed by atoms with van der Waals surface area (Å²) >= 11 is 0. The lowest BCUT2D eigenvalue weighted by molar-refractivity contribution is 0.0293. The maximum Gasteiger partial charge on any atom is 0.106 e. The summed E-state index contributed by atoms with van der Waals surface area (Å²) in [6.45, 7) is 11.0. The van der Waals surface area contributed by atoms with Crippen molar-refractivity contribution in [2.75, 3.05) is 0 Å². The molecule has 0 amide bonds. The third-order valence-electron chi connectivity index (χ3n) is 4.30. The Balaban J connectivity index is 2.34. The molecule has 18 heavy (non-hydrogen) atoms. The van der Waals surface area contributed by atoms with Crippen molar-refractivity contribution in [1.29, 1.82) is 0 Å². The van der Waals surface area contributed by atoms with Crippen LogP contribution >= 0.6 is 0 Å². The summed E-state index contributed by atoms with van der Waals surface area (Å²) in [5.74, 6) is 1.68. The number of aliphatic hydroxyl groups excluding tert-OH is 1. The zero-order valence-electron chi connectivity index (χ0n) is 12.3. The topological polar surface area (TPSA) is 38.0 Å². The van der Waals surface area contributed by atoms with Crippen molar-refractivity contribution in [2.45, 2.75) is 66.0 Å². The van der Waals surface area contributed by atoms with E-state index in [1.54, 1.807) is 0 Å². The summed E-state index contributed by atoms with van der Waals surface area (Å²) < 4.78 is 2.29. The average Bonchev–Trinajstić information content (AvgIpc) is 2.55. The van der Waals surface area contributed by atoms with E-state index in [0.717, 1.165) is 30.8 Å². The summed E-state index contributed by atoms with van der Waals surface area (Å²) in [5.41, 5.74) is 1.34. The van der Waals surface area contributed by atoms with Gasteiger partial charge in [0.05, 0.1) is 11.8 Å². The highest BCUT2D eigenvalue weighted by Gasteiger charge is 2.38. The van der Waals surface area contributed by atoms with E-state index in [9.17, 15) is 5.11 Å². The van der Waals surface area contributed by atoms with E-state index in [2.05, 4.69) is 43.4 Å². The van der Waals surface area contributed by atoms with Crippen LogP contribution in [0.2, 0.25) is 0 Å². The van der Waals surface area contributed by atoms with Gasteiger partial charge in [0.25, 0.3) is 0 Å². The number of aliphatic hydroxyl groups is 1. The van der Waals surface area contributed by atoms with Gasteiger partial charge in [0.2, 0.25) is 0 Å². The summed E-state index contributed by atoms with van der Waals surface area (Å²) in [4.78, 5) is 4.51. The Bertz CT molecular complexity index is 417. The van der Waals surface area contributed by atoms with Crippen molar-refractivity contribution < 1.29 is 5.11 Å². The number of aromatic nitrogens is 2. The van der Waals surface area contributed by atoms with Gasteiger partial charge in [-0.3, -0.25) is 0 Å². The van der Waals surface area contributed by atoms with E-state index in [1.165, 1.54) is 0 Å². The summed E-state index contributed by atoms with van der Waals surface area (Å²) in [6, 6.07) is 0.384. The quantitative estimate of drug-likeness (QED) is 0.831. The van der Waals surface area contributed by atoms with Gasteiger partial charge in [0.15, 0.2) is 0 Å². The molecule has 1 aliphatic carbocycles. The first-order chi connectivity index (χ1) is 8.29. The van der Waals surface area contributed by atoms with Gasteiger partial charge in [-0.25, -0.2) is 4.98 Å². The molecule has 3 heteroatoms. The van der Waals surface area contributed by atoms with Crippen LogP contribution in [0.4, 0.5) is 0 Å². The predicted octanol–water partition coefficient (Wildman–Crippen LogP) is 3.25. The molecule has 0 aliphatic heterocycles. The molecule has 1 N–H and O–H groups in total. The maximum absolute atomic E-state index is 9.99. The van der Waals surface area contributed by atoms with E-state index in [1.807, 2.05) is 6.92 Å². The van der Waals surface area contributed by atoms with E-state index in [-0.39, 0.29) is 11.5 Å². The largest absolute Gasteiger partial charge is 0.393 e. The summed E-state index contributed by atoms with van der Waals surface area (Å²) in [6.07, 6.45) is 4.88. The molecule has 1 heterocycles. The van der Waals surface area contributed by atoms with Crippen molar-refractivity contribution in [3.8, 4) is 0 Å². The minimum Gasteiger partial charge on any atom is -0.393 e. The molecule has 0 bridgehead atoms. The van der Waals surface area contributed by atoms with Crippen LogP contribution in [-0.4, -0.2) is 20.8 Å². The van der Waals surface area contributed by atoms with Crippen LogP contribution < -0.4 is 0 Å². The molecule has 0 spiro atoms. The standard InChI is InChI=1S/C15H26N2O/c1-10-9-17(11(2)16-10)14-8-12(18)6-7-13(14)15(3,4)5/h9,12-14,18H,6-8H2,1-5H3. The minimum absolute atomic E-state index is 0.157. The second kappa shape index (κ2) is 4.69. The van der Waals surface area contributed by atoms with Crippen molar-refractivity contribution in [3.63, 3.8) is 0 Å². The van der Waals surface area contributed by atoms with E-state index >= 15 is 0 Å². The van der Waals surface area contributed by atoms with Crippen LogP contribution in [0.5, 0.6) is 0 Å². The monoisotopic (exact) mass is 250 g/mol. The summed E-state index contributed by atoms with van der Waals surface area (Å²) in [5, 5.41) is 9.99. The van der Waals surface area contributed by atoms with Crippen LogP contribution in [0.15, 0.2) is 6.20 Å². The third kappa shape index (κ3) is 2.61. The van der Waals surface area contributed by atoms with Gasteiger partial charge < -0.3 is 9.67 Å². The Morgan fingerprint density at radius 2 is 1.94 bits per heavy atom. The molecule has 1 aromatic heterocycles. The molecule has 102 valence electrons. The van der Waals surface area contributed by atoms with Crippen molar-refractivity contribution in [1.82, 2.24) is 9.55 Å². The van der Waals surface area contributed by atoms with Crippen molar-refractivity contribution >= 4 is 0 Å². The van der Waals surface area contributed by atoms with Gasteiger partial charge in [-0.05, 0) is 44.4 Å². The van der Waals surface area contributed by atoms with Gasteiger partial charge in [-0.1, -0.05) is 20.8 Å². The first kappa shape index (κ1) is 13.6. The Labute approximate surface area is 110 Å². The Morgan fingerprint density at radius 1 is 1.28 bits per heavy atom. The molecule has 1 fully saturated rings. The fraction of sp³-hybridized carbons (Fsp3) is 0.800. The zero-order chi connectivity index (χ0) is 13.5. The normalized spacial score (nSPS) is 29.6. The Kier molecular flexibility index (Phi) is 3.54. The van der Waals surface area contributed by atoms with Gasteiger partial charge >= 0.3 is 0 Å². The van der Waals surface area contributed by atoms with Crippen molar-refractivity contribution in [2.24, 2.45) is 11.3 Å². The molecule has 0 aromatic carbocycles. The smallest absolute Gasteiger partial charge is 0.106 e. The molecule has 3 atom stereocenters. The number of aryl methyl sites for hydroxylation is 2. The van der Waals surface area contributed by atoms with Gasteiger partial charge in [0, 0.05) is 12.2 Å². The highest BCUT2D eigenvalue weighted by molar-refractivity contribution is 5.05. The highest BCUT2D eigenvalue weighted by Crippen LogP contribution is 2.44. The predicted molar refractivity (Wildman–Crippen MR) is 73.5 cm³/mol. The summed E-state index contributed by atoms with van der Waals surface area (Å²) in [7, 11) is 0. The molecule has 1 aromatic rings. The number of nitrogens with zero attached hydrogens (tertiary/aromatic N) is 2. The van der Waals surface area contributed by atoms with Crippen LogP contribution in [0.3, 0.4) is 0 Å². The number of rotatable bonds is 1. The van der Waals surface area contributed by atoms with Crippen LogP contribution in [0, 0.1) is 25.2 Å². The van der Waals surface area contributed by atoms with Crippen LogP contribution in [0.25, 0.3) is 0 Å². The molecule has 1 aliphatic rings. The van der Waals surface area contributed by atoms with E-state index in [0.29, 0.717) is 12.0 Å². The lowest BCUT2D eigenvalue weighted by Gasteiger charge is -2.43. The number of imidazole rings is 1. The van der Waals surface area contributed by atoms with Crippen molar-refractivity contribution in [3.05, 3.63) is 17.7 Å². The van der Waals surface area contributed by atoms with Gasteiger partial charge in [-0.2, -0.15) is 0 Å². The molecular weight excluding hydrogens is 224 g/mol. The number of hydrogen-bond acceptors (Lipinski definition) is 2. The van der Waals surface area contributed by atoms with Crippen LogP contribution in [0.1, 0.15) is 57.6 Å². The lowest BCUT2D eigenvalue weighted by atomic mass is 9.69. The molecule has 0 radical (unpaired) electrons. The zero-order valence-corrected chi connectivity index (χ0v) is 12.3. The van der Waals surface area contributed by atoms with Gasteiger partial charge in [0.1, 0.15) is 5.82 Å². The first-order valence-corrected chi connectivity index (χ1v) is 6.99. The van der Waals surface area contributed by atoms with Gasteiger partial charge in [-0.15, -0.1) is 0 Å². The fourth-order valence-electron chi connectivity index (χ4n) is 3.42. The molecule has 3 unspecified atom stereocenters. The molecule has 3 nitrogen and oxygen atoms in total. The van der Waals surface area contributed by atoms with E-state index < -0.39 is 0 Å². The first-order valence-electron chi connectivity index (χ1n) is 6.99. The van der Waals surface area contributed by atoms with Crippen LogP contribution in [-0.2, 0) is 0 Å². The highest BCUT2D eigenvalue weighted by atomic mass is 16.3. The Hall–Kier alpha value is -0.830. The number of hydrogen-bond donors (Lipinski definition) is 1. The third-order valence-corrected chi connectivity index (χ3v) is 4.30. The fourth-order valence-corrected chi connectivity index (χ4v) is 3.42.